The lowest BCUT2D eigenvalue weighted by atomic mass is 10.1. The molecule has 0 aromatic heterocycles. The highest BCUT2D eigenvalue weighted by molar-refractivity contribution is 5.62. The normalized spacial score (nSPS) is 14.1. The first-order valence-electron chi connectivity index (χ1n) is 6.45. The summed E-state index contributed by atoms with van der Waals surface area (Å²) in [5.41, 5.74) is 3.19. The van der Waals surface area contributed by atoms with Crippen molar-refractivity contribution in [3.8, 4) is 12.1 Å². The van der Waals surface area contributed by atoms with Gasteiger partial charge >= 0.3 is 0 Å². The minimum atomic E-state index is 0.0571. The Hall–Kier alpha value is -2.50. The molecule has 1 aliphatic rings. The predicted molar refractivity (Wildman–Crippen MR) is 77.1 cm³/mol. The summed E-state index contributed by atoms with van der Waals surface area (Å²) in [4.78, 5) is 2.28. The number of aryl methyl sites for hydroxylation is 1. The van der Waals surface area contributed by atoms with E-state index in [2.05, 4.69) is 16.3 Å². The lowest BCUT2D eigenvalue weighted by molar-refractivity contribution is 0.122. The van der Waals surface area contributed by atoms with Crippen molar-refractivity contribution in [1.29, 1.82) is 10.5 Å². The van der Waals surface area contributed by atoms with Crippen molar-refractivity contribution >= 4 is 11.4 Å². The molecule has 0 aliphatic carbocycles. The number of anilines is 2. The zero-order chi connectivity index (χ0) is 14.4. The van der Waals surface area contributed by atoms with Gasteiger partial charge in [-0.05, 0) is 30.7 Å². The molecule has 0 spiro atoms. The number of rotatable bonds is 3. The van der Waals surface area contributed by atoms with Crippen LogP contribution < -0.4 is 10.2 Å². The molecule has 5 nitrogen and oxygen atoms in total. The molecular weight excluding hydrogens is 252 g/mol. The van der Waals surface area contributed by atoms with Gasteiger partial charge in [-0.25, -0.2) is 0 Å². The molecular formula is C15H16N4O. The molecule has 0 unspecified atom stereocenters. The molecule has 1 aromatic carbocycles. The first-order chi connectivity index (χ1) is 9.74. The topological polar surface area (TPSA) is 72.1 Å². The van der Waals surface area contributed by atoms with Crippen LogP contribution in [0.3, 0.4) is 0 Å². The Kier molecular flexibility index (Phi) is 4.60. The van der Waals surface area contributed by atoms with Gasteiger partial charge in [0.25, 0.3) is 0 Å². The first kappa shape index (κ1) is 13.9. The molecule has 1 heterocycles. The van der Waals surface area contributed by atoms with Gasteiger partial charge in [0.2, 0.25) is 0 Å². The second-order valence-corrected chi connectivity index (χ2v) is 4.52. The number of allylic oxidation sites excluding steroid dienone is 1. The molecule has 0 amide bonds. The number of ether oxygens (including phenoxy) is 1. The number of nitrogens with zero attached hydrogens (tertiary/aromatic N) is 3. The van der Waals surface area contributed by atoms with Crippen LogP contribution in [0.25, 0.3) is 0 Å². The standard InChI is InChI=1S/C15H16N4O/c1-12-8-14(19-4-6-20-7-5-19)2-3-15(12)18-11-13(9-16)10-17/h2-3,8,11,18H,4-7H2,1H3. The van der Waals surface area contributed by atoms with Crippen LogP contribution in [0.2, 0.25) is 0 Å². The quantitative estimate of drug-likeness (QED) is 0.851. The number of nitriles is 2. The van der Waals surface area contributed by atoms with Gasteiger partial charge in [-0.1, -0.05) is 0 Å². The van der Waals surface area contributed by atoms with Crippen molar-refractivity contribution in [2.24, 2.45) is 0 Å². The third-order valence-electron chi connectivity index (χ3n) is 3.20. The first-order valence-corrected chi connectivity index (χ1v) is 6.45. The number of hydrogen-bond donors (Lipinski definition) is 1. The smallest absolute Gasteiger partial charge is 0.145 e. The molecule has 1 fully saturated rings. The number of morpholine rings is 1. The van der Waals surface area contributed by atoms with E-state index in [0.717, 1.165) is 37.6 Å². The summed E-state index contributed by atoms with van der Waals surface area (Å²) < 4.78 is 5.34. The second-order valence-electron chi connectivity index (χ2n) is 4.52. The van der Waals surface area contributed by atoms with E-state index in [1.54, 1.807) is 0 Å². The van der Waals surface area contributed by atoms with E-state index in [9.17, 15) is 0 Å². The van der Waals surface area contributed by atoms with Crippen molar-refractivity contribution in [2.45, 2.75) is 6.92 Å². The second kappa shape index (κ2) is 6.60. The van der Waals surface area contributed by atoms with Gasteiger partial charge in [-0.15, -0.1) is 0 Å². The average molecular weight is 268 g/mol. The van der Waals surface area contributed by atoms with Gasteiger partial charge < -0.3 is 15.0 Å². The minimum absolute atomic E-state index is 0.0571. The Balaban J connectivity index is 2.12. The number of hydrogen-bond acceptors (Lipinski definition) is 5. The fraction of sp³-hybridized carbons (Fsp3) is 0.333. The molecule has 2 rings (SSSR count). The van der Waals surface area contributed by atoms with Crippen LogP contribution in [0.5, 0.6) is 0 Å². The molecule has 0 saturated carbocycles. The van der Waals surface area contributed by atoms with E-state index < -0.39 is 0 Å². The van der Waals surface area contributed by atoms with Crippen molar-refractivity contribution < 1.29 is 4.74 Å². The lowest BCUT2D eigenvalue weighted by Gasteiger charge is -2.29. The highest BCUT2D eigenvalue weighted by Gasteiger charge is 2.11. The van der Waals surface area contributed by atoms with Crippen molar-refractivity contribution in [3.63, 3.8) is 0 Å². The number of benzene rings is 1. The molecule has 0 bridgehead atoms. The van der Waals surface area contributed by atoms with Crippen molar-refractivity contribution in [3.05, 3.63) is 35.5 Å². The van der Waals surface area contributed by atoms with Gasteiger partial charge in [-0.3, -0.25) is 0 Å². The van der Waals surface area contributed by atoms with Crippen LogP contribution >= 0.6 is 0 Å². The third kappa shape index (κ3) is 3.28. The summed E-state index contributed by atoms with van der Waals surface area (Å²) in [6.07, 6.45) is 1.43. The van der Waals surface area contributed by atoms with E-state index >= 15 is 0 Å². The maximum absolute atomic E-state index is 8.69. The molecule has 1 aliphatic heterocycles. The SMILES string of the molecule is Cc1cc(N2CCOCC2)ccc1NC=C(C#N)C#N. The Labute approximate surface area is 118 Å². The third-order valence-corrected chi connectivity index (χ3v) is 3.20. The maximum atomic E-state index is 8.69. The Bertz CT molecular complexity index is 573. The van der Waals surface area contributed by atoms with Gasteiger partial charge in [0.1, 0.15) is 17.7 Å². The Morgan fingerprint density at radius 3 is 2.60 bits per heavy atom. The van der Waals surface area contributed by atoms with Crippen LogP contribution in [-0.4, -0.2) is 26.3 Å². The molecule has 5 heteroatoms. The van der Waals surface area contributed by atoms with E-state index in [-0.39, 0.29) is 5.57 Å². The van der Waals surface area contributed by atoms with Crippen LogP contribution in [0.15, 0.2) is 30.0 Å². The van der Waals surface area contributed by atoms with Gasteiger partial charge in [0.15, 0.2) is 0 Å². The summed E-state index contributed by atoms with van der Waals surface area (Å²) in [5.74, 6) is 0. The molecule has 1 saturated heterocycles. The van der Waals surface area contributed by atoms with E-state index in [0.29, 0.717) is 0 Å². The van der Waals surface area contributed by atoms with Crippen LogP contribution in [0.1, 0.15) is 5.56 Å². The van der Waals surface area contributed by atoms with Crippen molar-refractivity contribution in [1.82, 2.24) is 0 Å². The fourth-order valence-electron chi connectivity index (χ4n) is 2.07. The maximum Gasteiger partial charge on any atom is 0.145 e. The summed E-state index contributed by atoms with van der Waals surface area (Å²) in [6.45, 7) is 5.32. The Morgan fingerprint density at radius 1 is 1.30 bits per heavy atom. The van der Waals surface area contributed by atoms with Gasteiger partial charge in [-0.2, -0.15) is 10.5 Å². The lowest BCUT2D eigenvalue weighted by Crippen LogP contribution is -2.36. The van der Waals surface area contributed by atoms with Crippen molar-refractivity contribution in [2.75, 3.05) is 36.5 Å². The predicted octanol–water partition coefficient (Wildman–Crippen LogP) is 2.17. The fourth-order valence-corrected chi connectivity index (χ4v) is 2.07. The van der Waals surface area contributed by atoms with E-state index in [1.807, 2.05) is 31.2 Å². The molecule has 1 N–H and O–H groups in total. The van der Waals surface area contributed by atoms with Gasteiger partial charge in [0, 0.05) is 30.7 Å². The molecule has 1 aromatic rings. The van der Waals surface area contributed by atoms with Crippen LogP contribution in [0, 0.1) is 29.6 Å². The molecule has 102 valence electrons. The molecule has 20 heavy (non-hydrogen) atoms. The molecule has 0 radical (unpaired) electrons. The molecule has 0 atom stereocenters. The monoisotopic (exact) mass is 268 g/mol. The average Bonchev–Trinajstić information content (AvgIpc) is 2.50. The number of nitrogens with one attached hydrogen (secondary N) is 1. The largest absolute Gasteiger partial charge is 0.378 e. The Morgan fingerprint density at radius 2 is 2.00 bits per heavy atom. The van der Waals surface area contributed by atoms with Gasteiger partial charge in [0.05, 0.1) is 13.2 Å². The van der Waals surface area contributed by atoms with Crippen LogP contribution in [-0.2, 0) is 4.74 Å². The van der Waals surface area contributed by atoms with E-state index in [4.69, 9.17) is 15.3 Å². The minimum Gasteiger partial charge on any atom is -0.378 e. The highest BCUT2D eigenvalue weighted by atomic mass is 16.5. The zero-order valence-corrected chi connectivity index (χ0v) is 11.4. The highest BCUT2D eigenvalue weighted by Crippen LogP contribution is 2.23. The van der Waals surface area contributed by atoms with E-state index in [1.165, 1.54) is 11.9 Å². The zero-order valence-electron chi connectivity index (χ0n) is 11.4. The van der Waals surface area contributed by atoms with Crippen LogP contribution in [0.4, 0.5) is 11.4 Å². The summed E-state index contributed by atoms with van der Waals surface area (Å²) in [6, 6.07) is 9.73. The summed E-state index contributed by atoms with van der Waals surface area (Å²) in [5, 5.41) is 20.4. The summed E-state index contributed by atoms with van der Waals surface area (Å²) in [7, 11) is 0. The summed E-state index contributed by atoms with van der Waals surface area (Å²) >= 11 is 0.